The maximum absolute atomic E-state index is 3.46. The molecule has 2 aliphatic carbocycles. The fourth-order valence-corrected chi connectivity index (χ4v) is 5.46. The standard InChI is InChI=1S/C27H37Br/c1-2-5-22-8-12-25(13-9-22)16-17-26-14-10-23(11-15-26)6-3-4-7-24-18-20-27(28)21-19-24/h3,6,18-23,25-26H,2,5,8-17H2,1H3/b6-3+. The van der Waals surface area contributed by atoms with Gasteiger partial charge >= 0.3 is 0 Å². The molecule has 152 valence electrons. The first-order valence-corrected chi connectivity index (χ1v) is 12.5. The summed E-state index contributed by atoms with van der Waals surface area (Å²) in [5.74, 6) is 10.3. The summed E-state index contributed by atoms with van der Waals surface area (Å²) in [6, 6.07) is 8.22. The fraction of sp³-hybridized carbons (Fsp3) is 0.630. The van der Waals surface area contributed by atoms with Crippen LogP contribution in [-0.4, -0.2) is 0 Å². The molecule has 0 saturated heterocycles. The van der Waals surface area contributed by atoms with E-state index in [0.29, 0.717) is 0 Å². The van der Waals surface area contributed by atoms with Crippen LogP contribution in [0.15, 0.2) is 40.9 Å². The Bertz CT molecular complexity index is 644. The van der Waals surface area contributed by atoms with Gasteiger partial charge in [0.1, 0.15) is 0 Å². The zero-order valence-corrected chi connectivity index (χ0v) is 19.2. The molecule has 1 aromatic rings. The summed E-state index contributed by atoms with van der Waals surface area (Å²) in [7, 11) is 0. The Kier molecular flexibility index (Phi) is 9.20. The summed E-state index contributed by atoms with van der Waals surface area (Å²) in [6.45, 7) is 2.34. The van der Waals surface area contributed by atoms with Gasteiger partial charge in [-0.2, -0.15) is 0 Å². The topological polar surface area (TPSA) is 0 Å². The highest BCUT2D eigenvalue weighted by molar-refractivity contribution is 9.10. The van der Waals surface area contributed by atoms with Gasteiger partial charge in [-0.1, -0.05) is 92.1 Å². The third-order valence-electron chi connectivity index (χ3n) is 7.05. The predicted molar refractivity (Wildman–Crippen MR) is 125 cm³/mol. The maximum Gasteiger partial charge on any atom is 0.0249 e. The molecule has 2 saturated carbocycles. The third kappa shape index (κ3) is 7.44. The van der Waals surface area contributed by atoms with Crippen LogP contribution in [0.3, 0.4) is 0 Å². The highest BCUT2D eigenvalue weighted by Gasteiger charge is 2.23. The van der Waals surface area contributed by atoms with Crippen LogP contribution in [0.1, 0.15) is 89.5 Å². The lowest BCUT2D eigenvalue weighted by molar-refractivity contribution is 0.221. The molecular formula is C27H37Br. The van der Waals surface area contributed by atoms with Crippen molar-refractivity contribution in [1.82, 2.24) is 0 Å². The van der Waals surface area contributed by atoms with E-state index in [1.165, 1.54) is 77.0 Å². The van der Waals surface area contributed by atoms with Crippen LogP contribution >= 0.6 is 15.9 Å². The van der Waals surface area contributed by atoms with Gasteiger partial charge in [-0.15, -0.1) is 0 Å². The normalized spacial score (nSPS) is 28.1. The van der Waals surface area contributed by atoms with E-state index in [-0.39, 0.29) is 0 Å². The second kappa shape index (κ2) is 11.9. The van der Waals surface area contributed by atoms with Crippen LogP contribution in [-0.2, 0) is 0 Å². The first-order chi connectivity index (χ1) is 13.7. The van der Waals surface area contributed by atoms with Crippen LogP contribution in [0, 0.1) is 35.5 Å². The Morgan fingerprint density at radius 1 is 0.821 bits per heavy atom. The predicted octanol–water partition coefficient (Wildman–Crippen LogP) is 8.55. The SMILES string of the molecule is CCCC1CCC(CCC2CCC(/C=C/C#Cc3ccc(Br)cc3)CC2)CC1. The van der Waals surface area contributed by atoms with Gasteiger partial charge in [0, 0.05) is 10.0 Å². The number of hydrogen-bond donors (Lipinski definition) is 0. The summed E-state index contributed by atoms with van der Waals surface area (Å²) in [5, 5.41) is 0. The van der Waals surface area contributed by atoms with Crippen LogP contribution in [0.25, 0.3) is 0 Å². The summed E-state index contributed by atoms with van der Waals surface area (Å²) in [4.78, 5) is 0. The molecule has 0 bridgehead atoms. The first kappa shape index (κ1) is 21.7. The average molecular weight is 441 g/mol. The van der Waals surface area contributed by atoms with Crippen molar-refractivity contribution in [1.29, 1.82) is 0 Å². The molecular weight excluding hydrogens is 404 g/mol. The van der Waals surface area contributed by atoms with E-state index in [1.807, 2.05) is 12.1 Å². The molecule has 0 heterocycles. The smallest absolute Gasteiger partial charge is 0.0249 e. The van der Waals surface area contributed by atoms with E-state index in [9.17, 15) is 0 Å². The molecule has 1 heteroatoms. The van der Waals surface area contributed by atoms with Gasteiger partial charge < -0.3 is 0 Å². The number of hydrogen-bond acceptors (Lipinski definition) is 0. The lowest BCUT2D eigenvalue weighted by atomic mass is 9.75. The molecule has 0 nitrogen and oxygen atoms in total. The Morgan fingerprint density at radius 3 is 1.93 bits per heavy atom. The summed E-state index contributed by atoms with van der Waals surface area (Å²) in [6.07, 6.45) is 21.9. The number of allylic oxidation sites excluding steroid dienone is 2. The zero-order valence-electron chi connectivity index (χ0n) is 17.6. The van der Waals surface area contributed by atoms with E-state index in [2.05, 4.69) is 59.0 Å². The minimum absolute atomic E-state index is 0.750. The van der Waals surface area contributed by atoms with Crippen LogP contribution in [0.4, 0.5) is 0 Å². The van der Waals surface area contributed by atoms with Crippen molar-refractivity contribution in [2.45, 2.75) is 84.0 Å². The highest BCUT2D eigenvalue weighted by Crippen LogP contribution is 2.37. The molecule has 0 radical (unpaired) electrons. The van der Waals surface area contributed by atoms with Crippen molar-refractivity contribution in [3.8, 4) is 11.8 Å². The van der Waals surface area contributed by atoms with Crippen LogP contribution in [0.2, 0.25) is 0 Å². The van der Waals surface area contributed by atoms with Gasteiger partial charge in [-0.3, -0.25) is 0 Å². The lowest BCUT2D eigenvalue weighted by Gasteiger charge is -2.31. The molecule has 0 atom stereocenters. The van der Waals surface area contributed by atoms with Crippen molar-refractivity contribution >= 4 is 15.9 Å². The molecule has 3 rings (SSSR count). The summed E-state index contributed by atoms with van der Waals surface area (Å²) < 4.78 is 1.11. The van der Waals surface area contributed by atoms with Crippen molar-refractivity contribution < 1.29 is 0 Å². The van der Waals surface area contributed by atoms with Gasteiger partial charge in [-0.05, 0) is 79.7 Å². The second-order valence-corrected chi connectivity index (χ2v) is 10.1. The van der Waals surface area contributed by atoms with Crippen molar-refractivity contribution in [3.63, 3.8) is 0 Å². The highest BCUT2D eigenvalue weighted by atomic mass is 79.9. The maximum atomic E-state index is 3.46. The molecule has 0 N–H and O–H groups in total. The van der Waals surface area contributed by atoms with Crippen molar-refractivity contribution in [2.75, 3.05) is 0 Å². The van der Waals surface area contributed by atoms with E-state index in [4.69, 9.17) is 0 Å². The van der Waals surface area contributed by atoms with Gasteiger partial charge in [0.05, 0.1) is 0 Å². The number of benzene rings is 1. The molecule has 28 heavy (non-hydrogen) atoms. The van der Waals surface area contributed by atoms with E-state index >= 15 is 0 Å². The molecule has 0 spiro atoms. The van der Waals surface area contributed by atoms with Gasteiger partial charge in [0.2, 0.25) is 0 Å². The Morgan fingerprint density at radius 2 is 1.36 bits per heavy atom. The van der Waals surface area contributed by atoms with Crippen molar-refractivity contribution in [3.05, 3.63) is 46.5 Å². The molecule has 0 amide bonds. The second-order valence-electron chi connectivity index (χ2n) is 9.17. The molecule has 0 aromatic heterocycles. The Labute approximate surface area is 181 Å². The quantitative estimate of drug-likeness (QED) is 0.388. The van der Waals surface area contributed by atoms with Gasteiger partial charge in [-0.25, -0.2) is 0 Å². The van der Waals surface area contributed by atoms with Crippen LogP contribution < -0.4 is 0 Å². The Balaban J connectivity index is 1.31. The van der Waals surface area contributed by atoms with Gasteiger partial charge in [0.25, 0.3) is 0 Å². The van der Waals surface area contributed by atoms with Crippen LogP contribution in [0.5, 0.6) is 0 Å². The largest absolute Gasteiger partial charge is 0.0730 e. The molecule has 2 fully saturated rings. The summed E-state index contributed by atoms with van der Waals surface area (Å²) in [5.41, 5.74) is 1.08. The molecule has 2 aliphatic rings. The molecule has 1 aromatic carbocycles. The third-order valence-corrected chi connectivity index (χ3v) is 7.58. The molecule has 0 aliphatic heterocycles. The van der Waals surface area contributed by atoms with Gasteiger partial charge in [0.15, 0.2) is 0 Å². The molecule has 0 unspecified atom stereocenters. The fourth-order valence-electron chi connectivity index (χ4n) is 5.20. The number of halogens is 1. The lowest BCUT2D eigenvalue weighted by Crippen LogP contribution is -2.17. The first-order valence-electron chi connectivity index (χ1n) is 11.7. The average Bonchev–Trinajstić information content (AvgIpc) is 2.73. The monoisotopic (exact) mass is 440 g/mol. The Hall–Kier alpha value is -1.000. The minimum atomic E-state index is 0.750. The van der Waals surface area contributed by atoms with E-state index in [0.717, 1.165) is 33.7 Å². The van der Waals surface area contributed by atoms with E-state index in [1.54, 1.807) is 0 Å². The van der Waals surface area contributed by atoms with E-state index < -0.39 is 0 Å². The minimum Gasteiger partial charge on any atom is -0.0730 e. The van der Waals surface area contributed by atoms with Crippen molar-refractivity contribution in [2.24, 2.45) is 23.7 Å². The zero-order chi connectivity index (χ0) is 19.6. The summed E-state index contributed by atoms with van der Waals surface area (Å²) >= 11 is 3.46. The number of rotatable bonds is 6.